The fourth-order valence-electron chi connectivity index (χ4n) is 3.83. The summed E-state index contributed by atoms with van der Waals surface area (Å²) in [6, 6.07) is 8.67. The number of nitrogens with zero attached hydrogens (tertiary/aromatic N) is 5. The van der Waals surface area contributed by atoms with Crippen molar-refractivity contribution in [3.05, 3.63) is 35.4 Å². The number of hydrogen-bond acceptors (Lipinski definition) is 5. The number of para-hydroxylation sites is 1. The van der Waals surface area contributed by atoms with E-state index in [0.29, 0.717) is 19.0 Å². The number of aryl methyl sites for hydroxylation is 1. The van der Waals surface area contributed by atoms with Gasteiger partial charge in [0, 0.05) is 36.9 Å². The molecule has 170 valence electrons. The lowest BCUT2D eigenvalue weighted by atomic mass is 10.1. The predicted octanol–water partition coefficient (Wildman–Crippen LogP) is 3.66. The van der Waals surface area contributed by atoms with Gasteiger partial charge < -0.3 is 15.5 Å². The van der Waals surface area contributed by atoms with Crippen LogP contribution in [0.1, 0.15) is 44.2 Å². The van der Waals surface area contributed by atoms with Gasteiger partial charge >= 0.3 is 0 Å². The maximum atomic E-state index is 6.34. The summed E-state index contributed by atoms with van der Waals surface area (Å²) in [5, 5.41) is 6.98. The summed E-state index contributed by atoms with van der Waals surface area (Å²) in [7, 11) is 0.850. The zero-order valence-electron chi connectivity index (χ0n) is 19.4. The Morgan fingerprint density at radius 3 is 2.71 bits per heavy atom. The molecule has 1 fully saturated rings. The van der Waals surface area contributed by atoms with Gasteiger partial charge in [-0.05, 0) is 57.3 Å². The van der Waals surface area contributed by atoms with E-state index in [1.807, 2.05) is 0 Å². The van der Waals surface area contributed by atoms with Crippen LogP contribution in [0.15, 0.2) is 29.4 Å². The second-order valence-electron chi connectivity index (χ2n) is 8.43. The van der Waals surface area contributed by atoms with Crippen molar-refractivity contribution in [3.63, 3.8) is 0 Å². The first-order valence-electron chi connectivity index (χ1n) is 11.4. The lowest BCUT2D eigenvalue weighted by molar-refractivity contribution is 0.287. The minimum absolute atomic E-state index is 0.444. The number of hydrazine groups is 1. The van der Waals surface area contributed by atoms with Gasteiger partial charge in [0.2, 0.25) is 5.96 Å². The molecule has 2 aromatic rings. The van der Waals surface area contributed by atoms with E-state index in [2.05, 4.69) is 66.6 Å². The van der Waals surface area contributed by atoms with E-state index < -0.39 is 0 Å². The van der Waals surface area contributed by atoms with Crippen molar-refractivity contribution in [2.24, 2.45) is 22.6 Å². The van der Waals surface area contributed by atoms with E-state index in [-0.39, 0.29) is 0 Å². The molecular formula is C23H38N7P. The molecule has 1 aliphatic carbocycles. The standard InChI is InChI=1S/C23H38N7P/c1-5-12-30(25)27-23(24)28(6-2)15-20-13-19-9-7-8-17(3)21(19)26-22(20)29(16-31-4)14-18-10-11-18/h7-9,13,18,31H,5-6,10-12,14-16,25H2,1-4H3,(H2,24,27). The number of anilines is 1. The third-order valence-electron chi connectivity index (χ3n) is 5.68. The van der Waals surface area contributed by atoms with E-state index in [9.17, 15) is 0 Å². The lowest BCUT2D eigenvalue weighted by Crippen LogP contribution is -2.41. The minimum Gasteiger partial charge on any atom is -0.368 e. The second-order valence-corrected chi connectivity index (χ2v) is 9.45. The number of rotatable bonds is 11. The fourth-order valence-corrected chi connectivity index (χ4v) is 4.49. The molecule has 0 saturated heterocycles. The molecular weight excluding hydrogens is 405 g/mol. The lowest BCUT2D eigenvalue weighted by Gasteiger charge is -2.29. The van der Waals surface area contributed by atoms with E-state index in [1.54, 1.807) is 0 Å². The first kappa shape index (κ1) is 23.6. The molecule has 0 aliphatic heterocycles. The molecule has 1 saturated carbocycles. The van der Waals surface area contributed by atoms with Gasteiger partial charge in [-0.15, -0.1) is 13.7 Å². The van der Waals surface area contributed by atoms with Crippen LogP contribution in [0.2, 0.25) is 0 Å². The van der Waals surface area contributed by atoms with Crippen molar-refractivity contribution in [1.82, 2.24) is 15.0 Å². The normalized spacial score (nSPS) is 14.5. The number of aromatic nitrogens is 1. The number of hydrogen-bond donors (Lipinski definition) is 2. The Kier molecular flexibility index (Phi) is 8.33. The van der Waals surface area contributed by atoms with Gasteiger partial charge in [-0.25, -0.2) is 15.9 Å². The van der Waals surface area contributed by atoms with Gasteiger partial charge in [-0.1, -0.05) is 25.1 Å². The number of pyridine rings is 1. The quantitative estimate of drug-likeness (QED) is 0.181. The van der Waals surface area contributed by atoms with Crippen LogP contribution in [0.5, 0.6) is 0 Å². The van der Waals surface area contributed by atoms with Crippen LogP contribution < -0.4 is 16.5 Å². The zero-order valence-corrected chi connectivity index (χ0v) is 20.4. The van der Waals surface area contributed by atoms with Crippen molar-refractivity contribution >= 4 is 31.3 Å². The predicted molar refractivity (Wildman–Crippen MR) is 135 cm³/mol. The van der Waals surface area contributed by atoms with Crippen molar-refractivity contribution < 1.29 is 0 Å². The maximum Gasteiger partial charge on any atom is 0.215 e. The zero-order chi connectivity index (χ0) is 22.4. The number of benzene rings is 1. The molecule has 7 nitrogen and oxygen atoms in total. The molecule has 1 atom stereocenters. The molecule has 0 radical (unpaired) electrons. The highest BCUT2D eigenvalue weighted by atomic mass is 31.1. The van der Waals surface area contributed by atoms with E-state index >= 15 is 0 Å². The molecule has 0 spiro atoms. The van der Waals surface area contributed by atoms with E-state index in [0.717, 1.165) is 51.6 Å². The molecule has 4 N–H and O–H groups in total. The number of guanidine groups is 1. The average molecular weight is 444 g/mol. The van der Waals surface area contributed by atoms with Crippen LogP contribution in [0.25, 0.3) is 10.9 Å². The second kappa shape index (κ2) is 11.0. The summed E-state index contributed by atoms with van der Waals surface area (Å²) >= 11 is 0. The summed E-state index contributed by atoms with van der Waals surface area (Å²) in [6.45, 7) is 11.7. The third-order valence-corrected chi connectivity index (χ3v) is 6.38. The average Bonchev–Trinajstić information content (AvgIpc) is 3.55. The van der Waals surface area contributed by atoms with Gasteiger partial charge in [0.1, 0.15) is 5.82 Å². The van der Waals surface area contributed by atoms with Crippen molar-refractivity contribution in [2.45, 2.75) is 46.6 Å². The molecule has 1 unspecified atom stereocenters. The van der Waals surface area contributed by atoms with Gasteiger partial charge in [0.05, 0.1) is 12.1 Å². The molecule has 1 aromatic carbocycles. The highest BCUT2D eigenvalue weighted by Crippen LogP contribution is 2.34. The SMILES string of the molecule is CCCN(N)/N=C(\N)N(CC)Cc1cc2cccc(C)c2nc1N(CPC)CC1CC1. The fraction of sp³-hybridized carbons (Fsp3) is 0.565. The number of fused-ring (bicyclic) bond motifs is 1. The highest BCUT2D eigenvalue weighted by molar-refractivity contribution is 7.37. The van der Waals surface area contributed by atoms with Crippen LogP contribution in [-0.2, 0) is 6.54 Å². The van der Waals surface area contributed by atoms with Gasteiger partial charge in [-0.3, -0.25) is 0 Å². The largest absolute Gasteiger partial charge is 0.368 e. The molecule has 0 amide bonds. The Morgan fingerprint density at radius 2 is 2.06 bits per heavy atom. The first-order valence-corrected chi connectivity index (χ1v) is 13.1. The Balaban J connectivity index is 1.99. The van der Waals surface area contributed by atoms with Gasteiger partial charge in [-0.2, -0.15) is 0 Å². The van der Waals surface area contributed by atoms with E-state index in [1.165, 1.54) is 34.5 Å². The molecule has 1 heterocycles. The molecule has 8 heteroatoms. The summed E-state index contributed by atoms with van der Waals surface area (Å²) in [4.78, 5) is 9.76. The maximum absolute atomic E-state index is 6.34. The molecule has 3 rings (SSSR count). The Morgan fingerprint density at radius 1 is 1.29 bits per heavy atom. The minimum atomic E-state index is 0.444. The highest BCUT2D eigenvalue weighted by Gasteiger charge is 2.26. The van der Waals surface area contributed by atoms with E-state index in [4.69, 9.17) is 16.6 Å². The molecule has 31 heavy (non-hydrogen) atoms. The Hall–Kier alpha value is -2.11. The van der Waals surface area contributed by atoms with Crippen molar-refractivity contribution in [3.8, 4) is 0 Å². The summed E-state index contributed by atoms with van der Waals surface area (Å²) in [5.74, 6) is 8.29. The van der Waals surface area contributed by atoms with Gasteiger partial charge in [0.25, 0.3) is 0 Å². The Bertz CT molecular complexity index is 897. The molecule has 0 bridgehead atoms. The summed E-state index contributed by atoms with van der Waals surface area (Å²) in [5.41, 5.74) is 9.83. The van der Waals surface area contributed by atoms with Crippen LogP contribution in [0.3, 0.4) is 0 Å². The van der Waals surface area contributed by atoms with Crippen molar-refractivity contribution in [2.75, 3.05) is 37.5 Å². The Labute approximate surface area is 188 Å². The number of nitrogens with two attached hydrogens (primary N) is 2. The van der Waals surface area contributed by atoms with Crippen LogP contribution >= 0.6 is 8.58 Å². The molecule has 1 aromatic heterocycles. The molecule has 1 aliphatic rings. The first-order chi connectivity index (χ1) is 15.0. The summed E-state index contributed by atoms with van der Waals surface area (Å²) in [6.07, 6.45) is 4.62. The van der Waals surface area contributed by atoms with Crippen LogP contribution in [0.4, 0.5) is 5.82 Å². The summed E-state index contributed by atoms with van der Waals surface area (Å²) < 4.78 is 0. The van der Waals surface area contributed by atoms with Gasteiger partial charge in [0.15, 0.2) is 0 Å². The third kappa shape index (κ3) is 6.20. The van der Waals surface area contributed by atoms with Crippen LogP contribution in [-0.4, -0.2) is 53.5 Å². The van der Waals surface area contributed by atoms with Crippen molar-refractivity contribution in [1.29, 1.82) is 0 Å². The van der Waals surface area contributed by atoms with Crippen LogP contribution in [0, 0.1) is 12.8 Å². The topological polar surface area (TPSA) is 87.0 Å². The monoisotopic (exact) mass is 443 g/mol. The number of hydrazone groups is 1. The smallest absolute Gasteiger partial charge is 0.215 e.